The first kappa shape index (κ1) is 19.6. The van der Waals surface area contributed by atoms with Gasteiger partial charge in [0.1, 0.15) is 10.7 Å². The molecule has 2 aromatic carbocycles. The van der Waals surface area contributed by atoms with Gasteiger partial charge < -0.3 is 14.2 Å². The molecular weight excluding hydrogens is 383 g/mol. The fraction of sp³-hybridized carbons (Fsp3) is 0.143. The Morgan fingerprint density at radius 2 is 1.64 bits per heavy atom. The van der Waals surface area contributed by atoms with Gasteiger partial charge in [0.05, 0.1) is 14.2 Å². The number of ether oxygens (including phenoxy) is 3. The van der Waals surface area contributed by atoms with E-state index in [-0.39, 0.29) is 11.6 Å². The Bertz CT molecular complexity index is 994. The fourth-order valence-corrected chi connectivity index (χ4v) is 3.42. The Morgan fingerprint density at radius 1 is 0.929 bits per heavy atom. The summed E-state index contributed by atoms with van der Waals surface area (Å²) in [7, 11) is 2.98. The van der Waals surface area contributed by atoms with Crippen molar-refractivity contribution in [2.45, 2.75) is 0 Å². The molecule has 7 heteroatoms. The maximum atomic E-state index is 13.0. The highest BCUT2D eigenvalue weighted by Crippen LogP contribution is 2.29. The number of rotatable bonds is 7. The number of hydrogen-bond donors (Lipinski definition) is 0. The predicted molar refractivity (Wildman–Crippen MR) is 104 cm³/mol. The van der Waals surface area contributed by atoms with Gasteiger partial charge in [0, 0.05) is 10.4 Å². The second-order valence-corrected chi connectivity index (χ2v) is 6.82. The van der Waals surface area contributed by atoms with Crippen LogP contribution in [0.1, 0.15) is 20.0 Å². The van der Waals surface area contributed by atoms with Gasteiger partial charge >= 0.3 is 5.97 Å². The predicted octanol–water partition coefficient (Wildman–Crippen LogP) is 4.61. The lowest BCUT2D eigenvalue weighted by Crippen LogP contribution is -2.13. The molecular formula is C21H17FO5S. The number of carbonyl (C=O) groups is 2. The van der Waals surface area contributed by atoms with Gasteiger partial charge in [-0.2, -0.15) is 0 Å². The van der Waals surface area contributed by atoms with Crippen molar-refractivity contribution in [1.29, 1.82) is 0 Å². The van der Waals surface area contributed by atoms with E-state index in [1.807, 2.05) is 0 Å². The molecule has 0 fully saturated rings. The molecule has 0 aliphatic heterocycles. The first-order valence-electron chi connectivity index (χ1n) is 8.30. The highest BCUT2D eigenvalue weighted by molar-refractivity contribution is 7.17. The normalized spacial score (nSPS) is 10.4. The molecule has 0 amide bonds. The Hall–Kier alpha value is -3.19. The average Bonchev–Trinajstić information content (AvgIpc) is 3.22. The van der Waals surface area contributed by atoms with E-state index >= 15 is 0 Å². The van der Waals surface area contributed by atoms with Gasteiger partial charge in [-0.05, 0) is 48.0 Å². The number of carbonyl (C=O) groups excluding carboxylic acids is 2. The summed E-state index contributed by atoms with van der Waals surface area (Å²) in [5.74, 6) is -0.352. The lowest BCUT2D eigenvalue weighted by Gasteiger charge is -2.09. The van der Waals surface area contributed by atoms with Crippen LogP contribution in [0.3, 0.4) is 0 Å². The molecule has 0 saturated heterocycles. The van der Waals surface area contributed by atoms with E-state index in [0.29, 0.717) is 21.9 Å². The van der Waals surface area contributed by atoms with E-state index < -0.39 is 12.6 Å². The number of thiophene rings is 1. The second-order valence-electron chi connectivity index (χ2n) is 5.74. The molecule has 0 saturated carbocycles. The molecule has 5 nitrogen and oxygen atoms in total. The van der Waals surface area contributed by atoms with Crippen LogP contribution in [0.5, 0.6) is 11.5 Å². The van der Waals surface area contributed by atoms with Crippen molar-refractivity contribution >= 4 is 23.1 Å². The highest BCUT2D eigenvalue weighted by Gasteiger charge is 2.16. The van der Waals surface area contributed by atoms with Crippen LogP contribution in [-0.4, -0.2) is 32.6 Å². The molecule has 0 unspecified atom stereocenters. The summed E-state index contributed by atoms with van der Waals surface area (Å²) in [5, 5.41) is 0. The minimum atomic E-state index is -0.591. The van der Waals surface area contributed by atoms with Crippen LogP contribution in [-0.2, 0) is 4.74 Å². The Balaban J connectivity index is 1.64. The molecule has 0 aliphatic carbocycles. The number of ketones is 1. The molecule has 3 rings (SSSR count). The molecule has 0 bridgehead atoms. The Labute approximate surface area is 165 Å². The van der Waals surface area contributed by atoms with Crippen LogP contribution < -0.4 is 9.47 Å². The van der Waals surface area contributed by atoms with Crippen LogP contribution in [0.15, 0.2) is 54.6 Å². The number of benzene rings is 2. The van der Waals surface area contributed by atoms with Crippen molar-refractivity contribution in [1.82, 2.24) is 0 Å². The maximum Gasteiger partial charge on any atom is 0.348 e. The molecule has 0 spiro atoms. The largest absolute Gasteiger partial charge is 0.493 e. The standard InChI is InChI=1S/C21H17FO5S/c1-25-17-8-5-14(11-18(17)26-2)16(23)12-27-21(24)20-10-9-19(28-20)13-3-6-15(22)7-4-13/h3-11H,12H2,1-2H3. The van der Waals surface area contributed by atoms with E-state index in [9.17, 15) is 14.0 Å². The van der Waals surface area contributed by atoms with Crippen molar-refractivity contribution < 1.29 is 28.2 Å². The van der Waals surface area contributed by atoms with Gasteiger partial charge in [0.2, 0.25) is 0 Å². The van der Waals surface area contributed by atoms with E-state index in [4.69, 9.17) is 14.2 Å². The quantitative estimate of drug-likeness (QED) is 0.428. The van der Waals surface area contributed by atoms with Crippen LogP contribution in [0, 0.1) is 5.82 Å². The number of halogens is 1. The summed E-state index contributed by atoms with van der Waals surface area (Å²) in [5.41, 5.74) is 1.15. The summed E-state index contributed by atoms with van der Waals surface area (Å²) in [6.07, 6.45) is 0. The molecule has 1 heterocycles. The van der Waals surface area contributed by atoms with Crippen molar-refractivity contribution in [2.24, 2.45) is 0 Å². The lowest BCUT2D eigenvalue weighted by atomic mass is 10.1. The van der Waals surface area contributed by atoms with Crippen molar-refractivity contribution in [3.63, 3.8) is 0 Å². The number of hydrogen-bond acceptors (Lipinski definition) is 6. The van der Waals surface area contributed by atoms with Crippen LogP contribution in [0.25, 0.3) is 10.4 Å². The summed E-state index contributed by atoms with van der Waals surface area (Å²) in [6.45, 7) is -0.391. The molecule has 0 aliphatic rings. The van der Waals surface area contributed by atoms with Crippen LogP contribution >= 0.6 is 11.3 Å². The maximum absolute atomic E-state index is 13.0. The zero-order chi connectivity index (χ0) is 20.1. The topological polar surface area (TPSA) is 61.8 Å². The average molecular weight is 400 g/mol. The lowest BCUT2D eigenvalue weighted by molar-refractivity contribution is 0.0479. The Morgan fingerprint density at radius 3 is 2.32 bits per heavy atom. The minimum absolute atomic E-state index is 0.325. The summed E-state index contributed by atoms with van der Waals surface area (Å²) < 4.78 is 28.5. The first-order valence-corrected chi connectivity index (χ1v) is 9.11. The molecule has 28 heavy (non-hydrogen) atoms. The molecule has 0 N–H and O–H groups in total. The zero-order valence-electron chi connectivity index (χ0n) is 15.2. The molecule has 3 aromatic rings. The van der Waals surface area contributed by atoms with Gasteiger partial charge in [-0.15, -0.1) is 11.3 Å². The smallest absolute Gasteiger partial charge is 0.348 e. The fourth-order valence-electron chi connectivity index (χ4n) is 2.51. The molecule has 1 aromatic heterocycles. The van der Waals surface area contributed by atoms with E-state index in [0.717, 1.165) is 10.4 Å². The molecule has 0 radical (unpaired) electrons. The third kappa shape index (κ3) is 4.37. The first-order chi connectivity index (χ1) is 13.5. The van der Waals surface area contributed by atoms with Gasteiger partial charge in [0.25, 0.3) is 0 Å². The number of Topliss-reactive ketones (excluding diaryl/α,β-unsaturated/α-hetero) is 1. The van der Waals surface area contributed by atoms with Crippen molar-refractivity contribution in [2.75, 3.05) is 20.8 Å². The number of esters is 1. The summed E-state index contributed by atoms with van der Waals surface area (Å²) in [4.78, 5) is 25.7. The molecule has 144 valence electrons. The van der Waals surface area contributed by atoms with Crippen molar-refractivity contribution in [3.8, 4) is 21.9 Å². The van der Waals surface area contributed by atoms with Crippen LogP contribution in [0.4, 0.5) is 4.39 Å². The summed E-state index contributed by atoms with van der Waals surface area (Å²) >= 11 is 1.21. The summed E-state index contributed by atoms with van der Waals surface area (Å²) in [6, 6.07) is 14.1. The third-order valence-corrected chi connectivity index (χ3v) is 5.09. The van der Waals surface area contributed by atoms with Gasteiger partial charge in [0.15, 0.2) is 23.9 Å². The highest BCUT2D eigenvalue weighted by atomic mass is 32.1. The Kier molecular flexibility index (Phi) is 6.06. The van der Waals surface area contributed by atoms with Gasteiger partial charge in [-0.1, -0.05) is 12.1 Å². The van der Waals surface area contributed by atoms with Gasteiger partial charge in [-0.3, -0.25) is 4.79 Å². The minimum Gasteiger partial charge on any atom is -0.493 e. The van der Waals surface area contributed by atoms with Crippen molar-refractivity contribution in [3.05, 3.63) is 70.9 Å². The SMILES string of the molecule is COc1ccc(C(=O)COC(=O)c2ccc(-c3ccc(F)cc3)s2)cc1OC. The van der Waals surface area contributed by atoms with Gasteiger partial charge in [-0.25, -0.2) is 9.18 Å². The van der Waals surface area contributed by atoms with E-state index in [1.165, 1.54) is 43.8 Å². The number of methoxy groups -OCH3 is 2. The molecule has 0 atom stereocenters. The zero-order valence-corrected chi connectivity index (χ0v) is 16.0. The van der Waals surface area contributed by atoms with E-state index in [2.05, 4.69) is 0 Å². The van der Waals surface area contributed by atoms with E-state index in [1.54, 1.807) is 36.4 Å². The third-order valence-electron chi connectivity index (χ3n) is 3.98. The van der Waals surface area contributed by atoms with Crippen LogP contribution in [0.2, 0.25) is 0 Å². The second kappa shape index (κ2) is 8.67. The monoisotopic (exact) mass is 400 g/mol.